The molecule has 1 unspecified atom stereocenters. The van der Waals surface area contributed by atoms with Gasteiger partial charge in [0.15, 0.2) is 0 Å². The maximum atomic E-state index is 13.4. The molecule has 2 amide bonds. The van der Waals surface area contributed by atoms with E-state index in [0.29, 0.717) is 30.6 Å². The van der Waals surface area contributed by atoms with Crippen LogP contribution in [0.25, 0.3) is 27.8 Å². The van der Waals surface area contributed by atoms with E-state index >= 15 is 0 Å². The normalized spacial score (nSPS) is 23.0. The summed E-state index contributed by atoms with van der Waals surface area (Å²) in [6.07, 6.45) is 9.85. The molecule has 1 aromatic carbocycles. The van der Waals surface area contributed by atoms with Crippen LogP contribution in [0.15, 0.2) is 42.6 Å². The Kier molecular flexibility index (Phi) is 7.41. The predicted molar refractivity (Wildman–Crippen MR) is 174 cm³/mol. The number of pyridine rings is 1. The Balaban J connectivity index is 1.12. The molecule has 0 spiro atoms. The van der Waals surface area contributed by atoms with E-state index in [-0.39, 0.29) is 24.0 Å². The first-order valence-electron chi connectivity index (χ1n) is 17.0. The molecule has 0 bridgehead atoms. The van der Waals surface area contributed by atoms with Crippen LogP contribution in [0.4, 0.5) is 0 Å². The Bertz CT molecular complexity index is 1760. The Morgan fingerprint density at radius 1 is 0.978 bits per heavy atom. The Hall–Kier alpha value is -3.69. The summed E-state index contributed by atoms with van der Waals surface area (Å²) in [6, 6.07) is 13.1. The summed E-state index contributed by atoms with van der Waals surface area (Å²) in [5, 5.41) is 6.37. The van der Waals surface area contributed by atoms with Crippen molar-refractivity contribution in [3.05, 3.63) is 59.3 Å². The fourth-order valence-corrected chi connectivity index (χ4v) is 7.93. The molecule has 2 atom stereocenters. The number of fused-ring (bicyclic) bond motifs is 2. The summed E-state index contributed by atoms with van der Waals surface area (Å²) in [6.45, 7) is 6.75. The van der Waals surface area contributed by atoms with Gasteiger partial charge in [-0.15, -0.1) is 0 Å². The molecule has 3 aliphatic heterocycles. The molecule has 8 rings (SSSR count). The zero-order valence-electron chi connectivity index (χ0n) is 26.3. The lowest BCUT2D eigenvalue weighted by atomic mass is 9.88. The number of nitrogens with zero attached hydrogens (tertiary/aromatic N) is 5. The summed E-state index contributed by atoms with van der Waals surface area (Å²) >= 11 is 0. The van der Waals surface area contributed by atoms with E-state index in [2.05, 4.69) is 35.8 Å². The van der Waals surface area contributed by atoms with E-state index in [1.54, 1.807) is 0 Å². The SMILES string of the molecule is Cc1c(-c2cc3cccc(C4CCN(C(=O)C5CCCO5)CC4)c3n2CC2CC2)nn2cc(C(=O)N3CCC[C@@H](N)C3)ccc12. The summed E-state index contributed by atoms with van der Waals surface area (Å²) in [5.74, 6) is 1.30. The second kappa shape index (κ2) is 11.6. The van der Waals surface area contributed by atoms with Gasteiger partial charge in [0.25, 0.3) is 11.8 Å². The molecule has 4 aromatic rings. The minimum absolute atomic E-state index is 0.0257. The van der Waals surface area contributed by atoms with Gasteiger partial charge in [-0.25, -0.2) is 4.52 Å². The van der Waals surface area contributed by atoms with Crippen molar-refractivity contribution in [2.24, 2.45) is 11.7 Å². The summed E-state index contributed by atoms with van der Waals surface area (Å²) < 4.78 is 10.1. The van der Waals surface area contributed by atoms with Crippen LogP contribution in [-0.4, -0.2) is 80.7 Å². The van der Waals surface area contributed by atoms with E-state index in [0.717, 1.165) is 87.2 Å². The van der Waals surface area contributed by atoms with E-state index in [9.17, 15) is 9.59 Å². The van der Waals surface area contributed by atoms with Gasteiger partial charge >= 0.3 is 0 Å². The van der Waals surface area contributed by atoms with Crippen LogP contribution < -0.4 is 5.73 Å². The number of aryl methyl sites for hydroxylation is 1. The van der Waals surface area contributed by atoms with Crippen molar-refractivity contribution in [3.63, 3.8) is 0 Å². The third-order valence-corrected chi connectivity index (χ3v) is 10.7. The smallest absolute Gasteiger partial charge is 0.255 e. The number of hydrogen-bond acceptors (Lipinski definition) is 5. The number of para-hydroxylation sites is 1. The van der Waals surface area contributed by atoms with Gasteiger partial charge in [0.1, 0.15) is 11.8 Å². The van der Waals surface area contributed by atoms with Crippen LogP contribution in [0.5, 0.6) is 0 Å². The average molecular weight is 609 g/mol. The minimum atomic E-state index is -0.241. The Morgan fingerprint density at radius 3 is 2.58 bits per heavy atom. The number of hydrogen-bond donors (Lipinski definition) is 1. The number of carbonyl (C=O) groups is 2. The second-order valence-corrected chi connectivity index (χ2v) is 13.8. The van der Waals surface area contributed by atoms with Crippen molar-refractivity contribution in [2.75, 3.05) is 32.8 Å². The standard InChI is InChI=1S/C36H44N6O3/c1-23-30-12-11-27(35(43)40-15-3-6-28(37)22-40)21-42(30)38-33(23)31-19-26-5-2-7-29(34(26)41(31)20-24-9-10-24)25-13-16-39(17-14-25)36(44)32-8-4-18-45-32/h2,5,7,11-12,19,21,24-25,28,32H,3-4,6,8-10,13-18,20,22,37H2,1H3/t28-,32?/m1/s1. The molecule has 9 nitrogen and oxygen atoms in total. The lowest BCUT2D eigenvalue weighted by Crippen LogP contribution is -2.45. The number of likely N-dealkylation sites (tertiary alicyclic amines) is 2. The maximum absolute atomic E-state index is 13.4. The number of amides is 2. The second-order valence-electron chi connectivity index (χ2n) is 13.8. The third kappa shape index (κ3) is 5.33. The number of carbonyl (C=O) groups excluding carboxylic acids is 2. The molecule has 3 saturated heterocycles. The zero-order valence-corrected chi connectivity index (χ0v) is 26.3. The first-order chi connectivity index (χ1) is 21.9. The fourth-order valence-electron chi connectivity index (χ4n) is 7.93. The molecule has 9 heteroatoms. The molecule has 45 heavy (non-hydrogen) atoms. The van der Waals surface area contributed by atoms with Gasteiger partial charge in [-0.3, -0.25) is 9.59 Å². The zero-order chi connectivity index (χ0) is 30.7. The topological polar surface area (TPSA) is 98.1 Å². The molecule has 1 aliphatic carbocycles. The Morgan fingerprint density at radius 2 is 1.82 bits per heavy atom. The first-order valence-corrected chi connectivity index (χ1v) is 17.0. The van der Waals surface area contributed by atoms with Gasteiger partial charge in [0.05, 0.1) is 22.3 Å². The van der Waals surface area contributed by atoms with E-state index in [1.807, 2.05) is 32.6 Å². The van der Waals surface area contributed by atoms with Crippen molar-refractivity contribution in [1.82, 2.24) is 24.0 Å². The van der Waals surface area contributed by atoms with Crippen LogP contribution >= 0.6 is 0 Å². The highest BCUT2D eigenvalue weighted by atomic mass is 16.5. The molecule has 2 N–H and O–H groups in total. The lowest BCUT2D eigenvalue weighted by molar-refractivity contribution is -0.142. The van der Waals surface area contributed by atoms with Crippen molar-refractivity contribution < 1.29 is 14.3 Å². The quantitative estimate of drug-likeness (QED) is 0.328. The van der Waals surface area contributed by atoms with Crippen LogP contribution in [-0.2, 0) is 16.1 Å². The largest absolute Gasteiger partial charge is 0.368 e. The lowest BCUT2D eigenvalue weighted by Gasteiger charge is -2.34. The number of rotatable bonds is 6. The highest BCUT2D eigenvalue weighted by Gasteiger charge is 2.33. The van der Waals surface area contributed by atoms with Crippen LogP contribution in [0.1, 0.15) is 78.8 Å². The number of piperidine rings is 2. The van der Waals surface area contributed by atoms with E-state index in [1.165, 1.54) is 29.3 Å². The molecule has 4 aliphatic rings. The van der Waals surface area contributed by atoms with Crippen LogP contribution in [0.3, 0.4) is 0 Å². The van der Waals surface area contributed by atoms with E-state index < -0.39 is 0 Å². The molecular formula is C36H44N6O3. The molecule has 4 fully saturated rings. The number of benzene rings is 1. The predicted octanol–water partition coefficient (Wildman–Crippen LogP) is 5.12. The number of ether oxygens (including phenoxy) is 1. The first kappa shape index (κ1) is 28.8. The highest BCUT2D eigenvalue weighted by molar-refractivity contribution is 5.95. The average Bonchev–Trinajstić information content (AvgIpc) is 3.42. The van der Waals surface area contributed by atoms with Gasteiger partial charge in [-0.2, -0.15) is 5.10 Å². The number of aromatic nitrogens is 3. The molecular weight excluding hydrogens is 564 g/mol. The molecule has 236 valence electrons. The van der Waals surface area contributed by atoms with Gasteiger partial charge in [-0.1, -0.05) is 18.2 Å². The molecule has 6 heterocycles. The molecule has 3 aromatic heterocycles. The van der Waals surface area contributed by atoms with Crippen molar-refractivity contribution >= 4 is 28.2 Å². The summed E-state index contributed by atoms with van der Waals surface area (Å²) in [4.78, 5) is 30.3. The van der Waals surface area contributed by atoms with Gasteiger partial charge < -0.3 is 24.8 Å². The van der Waals surface area contributed by atoms with Crippen molar-refractivity contribution in [2.45, 2.75) is 82.9 Å². The summed E-state index contributed by atoms with van der Waals surface area (Å²) in [7, 11) is 0. The van der Waals surface area contributed by atoms with Crippen LogP contribution in [0.2, 0.25) is 0 Å². The van der Waals surface area contributed by atoms with Gasteiger partial charge in [0, 0.05) is 62.5 Å². The van der Waals surface area contributed by atoms with Crippen molar-refractivity contribution in [1.29, 1.82) is 0 Å². The molecule has 1 saturated carbocycles. The van der Waals surface area contributed by atoms with Gasteiger partial charge in [-0.05, 0) is 93.9 Å². The maximum Gasteiger partial charge on any atom is 0.255 e. The highest BCUT2D eigenvalue weighted by Crippen LogP contribution is 2.41. The fraction of sp³-hybridized carbons (Fsp3) is 0.528. The monoisotopic (exact) mass is 608 g/mol. The van der Waals surface area contributed by atoms with Crippen molar-refractivity contribution in [3.8, 4) is 11.4 Å². The number of nitrogens with two attached hydrogens (primary N) is 1. The van der Waals surface area contributed by atoms with Gasteiger partial charge in [0.2, 0.25) is 0 Å². The third-order valence-electron chi connectivity index (χ3n) is 10.7. The van der Waals surface area contributed by atoms with Crippen LogP contribution in [0, 0.1) is 12.8 Å². The summed E-state index contributed by atoms with van der Waals surface area (Å²) in [5.41, 5.74) is 13.8. The molecule has 0 radical (unpaired) electrons. The minimum Gasteiger partial charge on any atom is -0.368 e. The Labute approximate surface area is 264 Å². The van der Waals surface area contributed by atoms with E-state index in [4.69, 9.17) is 15.6 Å².